The largest absolute Gasteiger partial charge is 0.474 e. The van der Waals surface area contributed by atoms with Crippen LogP contribution in [0.2, 0.25) is 0 Å². The summed E-state index contributed by atoms with van der Waals surface area (Å²) in [5, 5.41) is 4.18. The molecule has 1 unspecified atom stereocenters. The first-order valence-corrected chi connectivity index (χ1v) is 6.91. The van der Waals surface area contributed by atoms with Crippen LogP contribution in [-0.4, -0.2) is 22.6 Å². The lowest BCUT2D eigenvalue weighted by Crippen LogP contribution is -2.13. The number of para-hydroxylation sites is 1. The molecular weight excluding hydrogens is 238 g/mol. The Morgan fingerprint density at radius 2 is 2.00 bits per heavy atom. The summed E-state index contributed by atoms with van der Waals surface area (Å²) in [5.41, 5.74) is 0.911. The Bertz CT molecular complexity index is 542. The number of anilines is 1. The molecule has 0 fully saturated rings. The first kappa shape index (κ1) is 13.6. The van der Waals surface area contributed by atoms with E-state index >= 15 is 0 Å². The lowest BCUT2D eigenvalue weighted by atomic mass is 10.2. The van der Waals surface area contributed by atoms with Gasteiger partial charge in [0.2, 0.25) is 11.8 Å². The molecule has 1 atom stereocenters. The molecule has 4 nitrogen and oxygen atoms in total. The van der Waals surface area contributed by atoms with E-state index in [1.54, 1.807) is 0 Å². The maximum atomic E-state index is 5.91. The first-order valence-electron chi connectivity index (χ1n) is 6.91. The van der Waals surface area contributed by atoms with Crippen molar-refractivity contribution in [3.8, 4) is 5.88 Å². The molecule has 0 radical (unpaired) electrons. The third kappa shape index (κ3) is 3.34. The summed E-state index contributed by atoms with van der Waals surface area (Å²) >= 11 is 0. The molecule has 0 amide bonds. The Morgan fingerprint density at radius 3 is 2.74 bits per heavy atom. The molecule has 0 spiro atoms. The average molecular weight is 259 g/mol. The number of nitrogens with one attached hydrogen (secondary N) is 1. The van der Waals surface area contributed by atoms with Gasteiger partial charge in [-0.2, -0.15) is 4.98 Å². The van der Waals surface area contributed by atoms with Gasteiger partial charge in [0.05, 0.1) is 17.0 Å². The topological polar surface area (TPSA) is 47.0 Å². The highest BCUT2D eigenvalue weighted by Crippen LogP contribution is 2.25. The first-order chi connectivity index (χ1) is 9.24. The van der Waals surface area contributed by atoms with E-state index in [0.29, 0.717) is 11.8 Å². The van der Waals surface area contributed by atoms with E-state index in [9.17, 15) is 0 Å². The van der Waals surface area contributed by atoms with Crippen LogP contribution in [0.3, 0.4) is 0 Å². The van der Waals surface area contributed by atoms with Gasteiger partial charge in [-0.3, -0.25) is 0 Å². The molecule has 0 bridgehead atoms. The van der Waals surface area contributed by atoms with Crippen molar-refractivity contribution in [3.63, 3.8) is 0 Å². The molecule has 0 aliphatic heterocycles. The highest BCUT2D eigenvalue weighted by atomic mass is 16.5. The zero-order valence-corrected chi connectivity index (χ0v) is 11.8. The Hall–Kier alpha value is -1.84. The Labute approximate surface area is 114 Å². The van der Waals surface area contributed by atoms with Gasteiger partial charge in [-0.1, -0.05) is 26.0 Å². The Kier molecular flexibility index (Phi) is 4.55. The molecule has 2 rings (SSSR count). The van der Waals surface area contributed by atoms with Crippen LogP contribution in [0.25, 0.3) is 10.9 Å². The van der Waals surface area contributed by atoms with Gasteiger partial charge in [-0.25, -0.2) is 4.98 Å². The van der Waals surface area contributed by atoms with Gasteiger partial charge in [-0.05, 0) is 31.9 Å². The molecule has 1 heterocycles. The zero-order chi connectivity index (χ0) is 13.7. The molecule has 19 heavy (non-hydrogen) atoms. The van der Waals surface area contributed by atoms with Crippen molar-refractivity contribution in [1.29, 1.82) is 0 Å². The minimum atomic E-state index is 0.150. The third-order valence-corrected chi connectivity index (χ3v) is 2.99. The molecule has 0 saturated carbocycles. The second-order valence-electron chi connectivity index (χ2n) is 4.63. The number of rotatable bonds is 6. The minimum Gasteiger partial charge on any atom is -0.474 e. The van der Waals surface area contributed by atoms with E-state index in [-0.39, 0.29) is 6.10 Å². The Balaban J connectivity index is 2.39. The number of fused-ring (bicyclic) bond motifs is 1. The van der Waals surface area contributed by atoms with Crippen LogP contribution in [0.5, 0.6) is 5.88 Å². The van der Waals surface area contributed by atoms with Crippen molar-refractivity contribution in [2.75, 3.05) is 11.9 Å². The van der Waals surface area contributed by atoms with Crippen LogP contribution < -0.4 is 10.1 Å². The van der Waals surface area contributed by atoms with Crippen molar-refractivity contribution >= 4 is 16.9 Å². The summed E-state index contributed by atoms with van der Waals surface area (Å²) in [5.74, 6) is 1.30. The number of benzene rings is 1. The highest BCUT2D eigenvalue weighted by molar-refractivity contribution is 5.84. The minimum absolute atomic E-state index is 0.150. The van der Waals surface area contributed by atoms with Gasteiger partial charge in [-0.15, -0.1) is 0 Å². The van der Waals surface area contributed by atoms with Crippen molar-refractivity contribution in [2.24, 2.45) is 0 Å². The number of ether oxygens (including phenoxy) is 1. The standard InChI is InChI=1S/C15H21N3O/c1-4-10-16-15-17-13-9-7-6-8-12(13)14(18-15)19-11(3)5-2/h6-9,11H,4-5,10H2,1-3H3,(H,16,17,18). The van der Waals surface area contributed by atoms with E-state index < -0.39 is 0 Å². The van der Waals surface area contributed by atoms with Gasteiger partial charge in [0, 0.05) is 6.54 Å². The second-order valence-corrected chi connectivity index (χ2v) is 4.63. The number of aromatic nitrogens is 2. The summed E-state index contributed by atoms with van der Waals surface area (Å²) in [4.78, 5) is 8.99. The molecular formula is C15H21N3O. The maximum absolute atomic E-state index is 5.91. The van der Waals surface area contributed by atoms with Crippen LogP contribution in [0.4, 0.5) is 5.95 Å². The van der Waals surface area contributed by atoms with Crippen LogP contribution in [0.1, 0.15) is 33.6 Å². The van der Waals surface area contributed by atoms with E-state index in [1.165, 1.54) is 0 Å². The molecule has 4 heteroatoms. The smallest absolute Gasteiger partial charge is 0.226 e. The third-order valence-electron chi connectivity index (χ3n) is 2.99. The van der Waals surface area contributed by atoms with Gasteiger partial charge in [0.25, 0.3) is 0 Å². The molecule has 0 aliphatic rings. The normalized spacial score (nSPS) is 12.4. The molecule has 1 N–H and O–H groups in total. The molecule has 1 aromatic carbocycles. The maximum Gasteiger partial charge on any atom is 0.226 e. The molecule has 1 aromatic heterocycles. The predicted octanol–water partition coefficient (Wildman–Crippen LogP) is 3.63. The molecule has 2 aromatic rings. The van der Waals surface area contributed by atoms with Gasteiger partial charge in [0.1, 0.15) is 0 Å². The lowest BCUT2D eigenvalue weighted by Gasteiger charge is -2.14. The quantitative estimate of drug-likeness (QED) is 0.860. The number of nitrogens with zero attached hydrogens (tertiary/aromatic N) is 2. The van der Waals surface area contributed by atoms with E-state index in [1.807, 2.05) is 24.3 Å². The fourth-order valence-electron chi connectivity index (χ4n) is 1.73. The van der Waals surface area contributed by atoms with Crippen molar-refractivity contribution in [3.05, 3.63) is 24.3 Å². The van der Waals surface area contributed by atoms with Crippen LogP contribution in [-0.2, 0) is 0 Å². The summed E-state index contributed by atoms with van der Waals surface area (Å²) in [6.07, 6.45) is 2.14. The van der Waals surface area contributed by atoms with Crippen molar-refractivity contribution < 1.29 is 4.74 Å². The fourth-order valence-corrected chi connectivity index (χ4v) is 1.73. The average Bonchev–Trinajstić information content (AvgIpc) is 2.45. The fraction of sp³-hybridized carbons (Fsp3) is 0.467. The number of hydrogen-bond acceptors (Lipinski definition) is 4. The van der Waals surface area contributed by atoms with Crippen molar-refractivity contribution in [2.45, 2.75) is 39.7 Å². The van der Waals surface area contributed by atoms with E-state index in [2.05, 4.69) is 36.1 Å². The van der Waals surface area contributed by atoms with E-state index in [4.69, 9.17) is 4.74 Å². The van der Waals surface area contributed by atoms with Crippen LogP contribution >= 0.6 is 0 Å². The predicted molar refractivity (Wildman–Crippen MR) is 78.7 cm³/mol. The van der Waals surface area contributed by atoms with Crippen LogP contribution in [0, 0.1) is 0 Å². The monoisotopic (exact) mass is 259 g/mol. The van der Waals surface area contributed by atoms with Gasteiger partial charge < -0.3 is 10.1 Å². The summed E-state index contributed by atoms with van der Waals surface area (Å²) < 4.78 is 5.91. The zero-order valence-electron chi connectivity index (χ0n) is 11.8. The number of hydrogen-bond donors (Lipinski definition) is 1. The van der Waals surface area contributed by atoms with E-state index in [0.717, 1.165) is 30.3 Å². The second kappa shape index (κ2) is 6.36. The summed E-state index contributed by atoms with van der Waals surface area (Å²) in [6, 6.07) is 7.94. The van der Waals surface area contributed by atoms with Gasteiger partial charge in [0.15, 0.2) is 0 Å². The lowest BCUT2D eigenvalue weighted by molar-refractivity contribution is 0.212. The van der Waals surface area contributed by atoms with Gasteiger partial charge >= 0.3 is 0 Å². The molecule has 0 saturated heterocycles. The molecule has 0 aliphatic carbocycles. The summed E-state index contributed by atoms with van der Waals surface area (Å²) in [6.45, 7) is 7.13. The summed E-state index contributed by atoms with van der Waals surface area (Å²) in [7, 11) is 0. The van der Waals surface area contributed by atoms with Crippen molar-refractivity contribution in [1.82, 2.24) is 9.97 Å². The highest BCUT2D eigenvalue weighted by Gasteiger charge is 2.10. The van der Waals surface area contributed by atoms with Crippen LogP contribution in [0.15, 0.2) is 24.3 Å². The Morgan fingerprint density at radius 1 is 1.21 bits per heavy atom. The molecule has 102 valence electrons. The SMILES string of the molecule is CCCNc1nc(OC(C)CC)c2ccccc2n1.